The predicted octanol–water partition coefficient (Wildman–Crippen LogP) is 1.04. The molecule has 0 unspecified atom stereocenters. The van der Waals surface area contributed by atoms with Gasteiger partial charge >= 0.3 is 5.97 Å². The SMILES string of the molecule is CC(C)(C)OC(=O)c1cccc(-n2nc3nc(N)[nH]c(=O)c3n2)c1. The molecule has 0 fully saturated rings. The lowest BCUT2D eigenvalue weighted by molar-refractivity contribution is 0.00695. The number of aromatic nitrogens is 5. The van der Waals surface area contributed by atoms with Crippen molar-refractivity contribution in [2.24, 2.45) is 0 Å². The number of carbonyl (C=O) groups is 1. The van der Waals surface area contributed by atoms with E-state index < -0.39 is 17.1 Å². The molecule has 0 saturated carbocycles. The number of anilines is 1. The number of aromatic amines is 1. The van der Waals surface area contributed by atoms with Gasteiger partial charge in [0.05, 0.1) is 11.3 Å². The molecular weight excluding hydrogens is 312 g/mol. The summed E-state index contributed by atoms with van der Waals surface area (Å²) in [4.78, 5) is 31.5. The van der Waals surface area contributed by atoms with Crippen LogP contribution in [0.2, 0.25) is 0 Å². The molecule has 0 bridgehead atoms. The van der Waals surface area contributed by atoms with Gasteiger partial charge in [-0.25, -0.2) is 4.79 Å². The second-order valence-electron chi connectivity index (χ2n) is 6.17. The molecule has 2 heterocycles. The van der Waals surface area contributed by atoms with Crippen molar-refractivity contribution in [3.05, 3.63) is 40.2 Å². The number of H-pyrrole nitrogens is 1. The molecule has 3 N–H and O–H groups in total. The second kappa shape index (κ2) is 5.44. The molecule has 2 aromatic heterocycles. The minimum absolute atomic E-state index is 0.0398. The zero-order valence-corrected chi connectivity index (χ0v) is 13.4. The van der Waals surface area contributed by atoms with E-state index >= 15 is 0 Å². The minimum atomic E-state index is -0.597. The van der Waals surface area contributed by atoms with Gasteiger partial charge in [0.1, 0.15) is 5.60 Å². The van der Waals surface area contributed by atoms with E-state index in [9.17, 15) is 9.59 Å². The van der Waals surface area contributed by atoms with Crippen LogP contribution in [0.5, 0.6) is 0 Å². The number of nitrogens with one attached hydrogen (secondary N) is 1. The van der Waals surface area contributed by atoms with Crippen molar-refractivity contribution in [2.45, 2.75) is 26.4 Å². The third-order valence-corrected chi connectivity index (χ3v) is 2.99. The highest BCUT2D eigenvalue weighted by atomic mass is 16.6. The monoisotopic (exact) mass is 328 g/mol. The van der Waals surface area contributed by atoms with Gasteiger partial charge in [0.25, 0.3) is 5.56 Å². The Labute approximate surface area is 136 Å². The number of carbonyl (C=O) groups excluding carboxylic acids is 1. The van der Waals surface area contributed by atoms with Crippen LogP contribution in [0.25, 0.3) is 16.9 Å². The van der Waals surface area contributed by atoms with E-state index in [2.05, 4.69) is 20.2 Å². The minimum Gasteiger partial charge on any atom is -0.456 e. The Bertz CT molecular complexity index is 983. The first-order chi connectivity index (χ1) is 11.2. The highest BCUT2D eigenvalue weighted by Crippen LogP contribution is 2.15. The smallest absolute Gasteiger partial charge is 0.338 e. The average molecular weight is 328 g/mol. The quantitative estimate of drug-likeness (QED) is 0.672. The Morgan fingerprint density at radius 3 is 2.75 bits per heavy atom. The standard InChI is InChI=1S/C15H16N6O3/c1-15(2,3)24-13(23)8-5-4-6-9(7-8)21-19-10-11(20-21)17-14(16)18-12(10)22/h4-7H,1-3H3,(H3,16,17,18,20,22). The lowest BCUT2D eigenvalue weighted by Gasteiger charge is -2.19. The zero-order chi connectivity index (χ0) is 17.5. The summed E-state index contributed by atoms with van der Waals surface area (Å²) in [7, 11) is 0. The fourth-order valence-electron chi connectivity index (χ4n) is 2.05. The van der Waals surface area contributed by atoms with Gasteiger partial charge in [-0.3, -0.25) is 9.78 Å². The van der Waals surface area contributed by atoms with Gasteiger partial charge in [-0.15, -0.1) is 15.0 Å². The summed E-state index contributed by atoms with van der Waals surface area (Å²) in [6.45, 7) is 5.37. The Morgan fingerprint density at radius 1 is 1.29 bits per heavy atom. The third-order valence-electron chi connectivity index (χ3n) is 2.99. The maximum absolute atomic E-state index is 12.2. The van der Waals surface area contributed by atoms with Crippen molar-refractivity contribution in [1.82, 2.24) is 25.0 Å². The number of nitrogen functional groups attached to an aromatic ring is 1. The van der Waals surface area contributed by atoms with Crippen LogP contribution in [0.15, 0.2) is 29.1 Å². The summed E-state index contributed by atoms with van der Waals surface area (Å²) in [6.07, 6.45) is 0. The molecule has 0 aliphatic carbocycles. The number of rotatable bonds is 2. The molecule has 1 aromatic carbocycles. The summed E-state index contributed by atoms with van der Waals surface area (Å²) in [5, 5.41) is 8.21. The summed E-state index contributed by atoms with van der Waals surface area (Å²) in [6, 6.07) is 6.58. The zero-order valence-electron chi connectivity index (χ0n) is 13.4. The van der Waals surface area contributed by atoms with Crippen molar-refractivity contribution in [3.63, 3.8) is 0 Å². The molecule has 0 aliphatic heterocycles. The van der Waals surface area contributed by atoms with Crippen molar-refractivity contribution in [1.29, 1.82) is 0 Å². The van der Waals surface area contributed by atoms with Crippen LogP contribution in [0.3, 0.4) is 0 Å². The molecule has 0 saturated heterocycles. The van der Waals surface area contributed by atoms with Crippen molar-refractivity contribution in [2.75, 3.05) is 5.73 Å². The van der Waals surface area contributed by atoms with E-state index in [1.807, 2.05) is 0 Å². The Balaban J connectivity index is 2.02. The van der Waals surface area contributed by atoms with Gasteiger partial charge in [0.2, 0.25) is 11.6 Å². The normalized spacial score (nSPS) is 11.6. The van der Waals surface area contributed by atoms with Gasteiger partial charge in [0, 0.05) is 0 Å². The van der Waals surface area contributed by atoms with Gasteiger partial charge in [-0.05, 0) is 39.0 Å². The molecular formula is C15H16N6O3. The molecule has 0 amide bonds. The van der Waals surface area contributed by atoms with E-state index in [1.54, 1.807) is 45.0 Å². The van der Waals surface area contributed by atoms with E-state index in [0.717, 1.165) is 0 Å². The number of nitrogens with zero attached hydrogens (tertiary/aromatic N) is 4. The predicted molar refractivity (Wildman–Crippen MR) is 86.9 cm³/mol. The maximum Gasteiger partial charge on any atom is 0.338 e. The van der Waals surface area contributed by atoms with E-state index in [1.165, 1.54) is 4.80 Å². The molecule has 0 spiro atoms. The number of hydrogen-bond acceptors (Lipinski definition) is 7. The van der Waals surface area contributed by atoms with Crippen LogP contribution in [0.4, 0.5) is 5.95 Å². The average Bonchev–Trinajstić information content (AvgIpc) is 2.90. The van der Waals surface area contributed by atoms with Gasteiger partial charge in [-0.2, -0.15) is 4.98 Å². The first-order valence-electron chi connectivity index (χ1n) is 7.19. The molecule has 0 aliphatic rings. The number of nitrogens with two attached hydrogens (primary N) is 1. The lowest BCUT2D eigenvalue weighted by atomic mass is 10.1. The van der Waals surface area contributed by atoms with E-state index in [4.69, 9.17) is 10.5 Å². The van der Waals surface area contributed by atoms with E-state index in [0.29, 0.717) is 11.3 Å². The second-order valence-corrected chi connectivity index (χ2v) is 6.17. The molecule has 124 valence electrons. The number of esters is 1. The Kier molecular flexibility index (Phi) is 3.55. The highest BCUT2D eigenvalue weighted by Gasteiger charge is 2.18. The van der Waals surface area contributed by atoms with Crippen LogP contribution < -0.4 is 11.3 Å². The molecule has 3 aromatic rings. The van der Waals surface area contributed by atoms with Crippen LogP contribution in [-0.4, -0.2) is 36.5 Å². The number of fused-ring (bicyclic) bond motifs is 1. The molecule has 3 rings (SSSR count). The molecule has 0 radical (unpaired) electrons. The van der Waals surface area contributed by atoms with Crippen molar-refractivity contribution < 1.29 is 9.53 Å². The molecule has 9 heteroatoms. The first-order valence-corrected chi connectivity index (χ1v) is 7.19. The lowest BCUT2D eigenvalue weighted by Crippen LogP contribution is -2.24. The highest BCUT2D eigenvalue weighted by molar-refractivity contribution is 5.90. The molecule has 9 nitrogen and oxygen atoms in total. The number of ether oxygens (including phenoxy) is 1. The topological polar surface area (TPSA) is 129 Å². The Morgan fingerprint density at radius 2 is 2.04 bits per heavy atom. The van der Waals surface area contributed by atoms with E-state index in [-0.39, 0.29) is 17.1 Å². The fourth-order valence-corrected chi connectivity index (χ4v) is 2.05. The van der Waals surface area contributed by atoms with Crippen molar-refractivity contribution >= 4 is 23.1 Å². The summed E-state index contributed by atoms with van der Waals surface area (Å²) < 4.78 is 5.34. The fraction of sp³-hybridized carbons (Fsp3) is 0.267. The largest absolute Gasteiger partial charge is 0.456 e. The van der Waals surface area contributed by atoms with Gasteiger partial charge in [0.15, 0.2) is 5.52 Å². The summed E-state index contributed by atoms with van der Waals surface area (Å²) in [5.74, 6) is -0.497. The third kappa shape index (κ3) is 3.09. The maximum atomic E-state index is 12.2. The molecule has 24 heavy (non-hydrogen) atoms. The Hall–Kier alpha value is -3.23. The first kappa shape index (κ1) is 15.7. The summed E-state index contributed by atoms with van der Waals surface area (Å²) >= 11 is 0. The summed E-state index contributed by atoms with van der Waals surface area (Å²) in [5.41, 5.74) is 5.45. The van der Waals surface area contributed by atoms with Crippen LogP contribution in [-0.2, 0) is 4.74 Å². The molecule has 0 atom stereocenters. The van der Waals surface area contributed by atoms with Crippen LogP contribution >= 0.6 is 0 Å². The van der Waals surface area contributed by atoms with Crippen LogP contribution in [0.1, 0.15) is 31.1 Å². The van der Waals surface area contributed by atoms with Crippen LogP contribution in [0, 0.1) is 0 Å². The van der Waals surface area contributed by atoms with Gasteiger partial charge in [-0.1, -0.05) is 6.07 Å². The van der Waals surface area contributed by atoms with Crippen molar-refractivity contribution in [3.8, 4) is 5.69 Å². The number of benzene rings is 1. The van der Waals surface area contributed by atoms with Gasteiger partial charge < -0.3 is 10.5 Å². The number of hydrogen-bond donors (Lipinski definition) is 2.